The molecule has 0 aliphatic carbocycles. The lowest BCUT2D eigenvalue weighted by Crippen LogP contribution is -2.37. The molecule has 1 unspecified atom stereocenters. The molecule has 0 aromatic carbocycles. The van der Waals surface area contributed by atoms with E-state index in [1.807, 2.05) is 6.92 Å². The summed E-state index contributed by atoms with van der Waals surface area (Å²) in [7, 11) is 0. The highest BCUT2D eigenvalue weighted by atomic mass is 16.3. The first kappa shape index (κ1) is 16.4. The maximum absolute atomic E-state index is 12.0. The van der Waals surface area contributed by atoms with Gasteiger partial charge in [0.15, 0.2) is 0 Å². The van der Waals surface area contributed by atoms with Crippen molar-refractivity contribution in [3.63, 3.8) is 0 Å². The van der Waals surface area contributed by atoms with Crippen molar-refractivity contribution in [3.05, 3.63) is 0 Å². The lowest BCUT2D eigenvalue weighted by molar-refractivity contribution is -0.127. The van der Waals surface area contributed by atoms with Crippen LogP contribution in [0.1, 0.15) is 47.5 Å². The van der Waals surface area contributed by atoms with Crippen LogP contribution in [0, 0.1) is 23.7 Å². The minimum atomic E-state index is 0.102. The van der Waals surface area contributed by atoms with Gasteiger partial charge in [0.05, 0.1) is 0 Å². The van der Waals surface area contributed by atoms with Crippen molar-refractivity contribution in [2.75, 3.05) is 13.2 Å². The van der Waals surface area contributed by atoms with Crippen LogP contribution in [0.4, 0.5) is 0 Å². The predicted octanol–water partition coefficient (Wildman–Crippen LogP) is 2.44. The Morgan fingerprint density at radius 3 is 2.06 bits per heavy atom. The molecule has 3 heteroatoms. The summed E-state index contributed by atoms with van der Waals surface area (Å²) in [4.78, 5) is 12.0. The highest BCUT2D eigenvalue weighted by Gasteiger charge is 2.24. The zero-order valence-electron chi connectivity index (χ0n) is 12.0. The fourth-order valence-electron chi connectivity index (χ4n) is 2.25. The molecule has 1 amide bonds. The van der Waals surface area contributed by atoms with E-state index in [0.29, 0.717) is 17.8 Å². The molecule has 0 saturated carbocycles. The highest BCUT2D eigenvalue weighted by molar-refractivity contribution is 5.79. The molecule has 0 heterocycles. The molecule has 17 heavy (non-hydrogen) atoms. The van der Waals surface area contributed by atoms with Gasteiger partial charge < -0.3 is 10.4 Å². The molecule has 1 atom stereocenters. The van der Waals surface area contributed by atoms with E-state index in [1.165, 1.54) is 0 Å². The van der Waals surface area contributed by atoms with Crippen LogP contribution in [0.15, 0.2) is 0 Å². The van der Waals surface area contributed by atoms with E-state index in [0.717, 1.165) is 19.4 Å². The molecule has 0 spiro atoms. The van der Waals surface area contributed by atoms with E-state index in [1.54, 1.807) is 0 Å². The average Bonchev–Trinajstić information content (AvgIpc) is 2.22. The summed E-state index contributed by atoms with van der Waals surface area (Å²) in [6.07, 6.45) is 1.90. The van der Waals surface area contributed by atoms with Crippen LogP contribution < -0.4 is 5.32 Å². The molecule has 0 saturated heterocycles. The second-order valence-electron chi connectivity index (χ2n) is 5.73. The predicted molar refractivity (Wildman–Crippen MR) is 71.7 cm³/mol. The molecule has 0 bridgehead atoms. The van der Waals surface area contributed by atoms with E-state index in [9.17, 15) is 4.79 Å². The standard InChI is InChI=1S/C14H29NO2/c1-10(2)13(11(3)4)14(17)15-8-6-7-12(5)9-16/h10-13,16H,6-9H2,1-5H3,(H,15,17). The van der Waals surface area contributed by atoms with Crippen molar-refractivity contribution in [3.8, 4) is 0 Å². The first-order valence-corrected chi connectivity index (χ1v) is 6.78. The maximum atomic E-state index is 12.0. The van der Waals surface area contributed by atoms with Crippen LogP contribution in [0.5, 0.6) is 0 Å². The van der Waals surface area contributed by atoms with Gasteiger partial charge in [-0.05, 0) is 30.6 Å². The van der Waals surface area contributed by atoms with Crippen molar-refractivity contribution in [1.82, 2.24) is 5.32 Å². The van der Waals surface area contributed by atoms with Gasteiger partial charge >= 0.3 is 0 Å². The summed E-state index contributed by atoms with van der Waals surface area (Å²) in [5.41, 5.74) is 0. The molecule has 0 radical (unpaired) electrons. The third kappa shape index (κ3) is 6.67. The number of carbonyl (C=O) groups excluding carboxylic acids is 1. The van der Waals surface area contributed by atoms with Crippen molar-refractivity contribution in [1.29, 1.82) is 0 Å². The van der Waals surface area contributed by atoms with Crippen LogP contribution in [0.2, 0.25) is 0 Å². The highest BCUT2D eigenvalue weighted by Crippen LogP contribution is 2.20. The minimum Gasteiger partial charge on any atom is -0.396 e. The van der Waals surface area contributed by atoms with E-state index < -0.39 is 0 Å². The van der Waals surface area contributed by atoms with Gasteiger partial charge in [-0.2, -0.15) is 0 Å². The average molecular weight is 243 g/mol. The monoisotopic (exact) mass is 243 g/mol. The Morgan fingerprint density at radius 2 is 1.65 bits per heavy atom. The SMILES string of the molecule is CC(CO)CCCNC(=O)C(C(C)C)C(C)C. The van der Waals surface area contributed by atoms with Crippen LogP contribution in [-0.2, 0) is 4.79 Å². The third-order valence-electron chi connectivity index (χ3n) is 3.22. The van der Waals surface area contributed by atoms with E-state index >= 15 is 0 Å². The molecule has 102 valence electrons. The summed E-state index contributed by atoms with van der Waals surface area (Å²) in [6, 6.07) is 0. The number of aliphatic hydroxyl groups excluding tert-OH is 1. The van der Waals surface area contributed by atoms with Crippen LogP contribution in [-0.4, -0.2) is 24.2 Å². The van der Waals surface area contributed by atoms with Gasteiger partial charge in [0.25, 0.3) is 0 Å². The Labute approximate surface area is 106 Å². The van der Waals surface area contributed by atoms with Crippen molar-refractivity contribution < 1.29 is 9.90 Å². The molecular formula is C14H29NO2. The van der Waals surface area contributed by atoms with Crippen LogP contribution >= 0.6 is 0 Å². The van der Waals surface area contributed by atoms with Crippen molar-refractivity contribution in [2.24, 2.45) is 23.7 Å². The third-order valence-corrected chi connectivity index (χ3v) is 3.22. The zero-order valence-corrected chi connectivity index (χ0v) is 12.0. The van der Waals surface area contributed by atoms with Gasteiger partial charge in [-0.1, -0.05) is 34.6 Å². The number of carbonyl (C=O) groups is 1. The number of hydrogen-bond acceptors (Lipinski definition) is 2. The van der Waals surface area contributed by atoms with Crippen molar-refractivity contribution >= 4 is 5.91 Å². The molecule has 0 rings (SSSR count). The summed E-state index contributed by atoms with van der Waals surface area (Å²) in [5.74, 6) is 1.37. The largest absolute Gasteiger partial charge is 0.396 e. The maximum Gasteiger partial charge on any atom is 0.223 e. The first-order valence-electron chi connectivity index (χ1n) is 6.78. The fraction of sp³-hybridized carbons (Fsp3) is 0.929. The summed E-state index contributed by atoms with van der Waals surface area (Å²) >= 11 is 0. The molecule has 0 aromatic heterocycles. The van der Waals surface area contributed by atoms with Gasteiger partial charge in [-0.3, -0.25) is 4.79 Å². The van der Waals surface area contributed by atoms with E-state index in [4.69, 9.17) is 5.11 Å². The van der Waals surface area contributed by atoms with Crippen LogP contribution in [0.3, 0.4) is 0 Å². The number of amides is 1. The second-order valence-corrected chi connectivity index (χ2v) is 5.73. The molecular weight excluding hydrogens is 214 g/mol. The first-order chi connectivity index (χ1) is 7.90. The number of aliphatic hydroxyl groups is 1. The summed E-state index contributed by atoms with van der Waals surface area (Å²) in [6.45, 7) is 11.4. The Kier molecular flexibility index (Phi) is 8.23. The van der Waals surface area contributed by atoms with Gasteiger partial charge in [0.2, 0.25) is 5.91 Å². The lowest BCUT2D eigenvalue weighted by Gasteiger charge is -2.23. The topological polar surface area (TPSA) is 49.3 Å². The Bertz CT molecular complexity index is 206. The number of hydrogen-bond donors (Lipinski definition) is 2. The molecule has 2 N–H and O–H groups in total. The summed E-state index contributed by atoms with van der Waals surface area (Å²) in [5, 5.41) is 11.9. The normalized spacial score (nSPS) is 13.5. The Balaban J connectivity index is 3.91. The molecule has 3 nitrogen and oxygen atoms in total. The Morgan fingerprint density at radius 1 is 1.12 bits per heavy atom. The molecule has 0 fully saturated rings. The van der Waals surface area contributed by atoms with Gasteiger partial charge in [-0.25, -0.2) is 0 Å². The lowest BCUT2D eigenvalue weighted by atomic mass is 9.85. The van der Waals surface area contributed by atoms with Crippen LogP contribution in [0.25, 0.3) is 0 Å². The molecule has 0 aliphatic heterocycles. The van der Waals surface area contributed by atoms with E-state index in [2.05, 4.69) is 33.0 Å². The molecule has 0 aliphatic rings. The molecule has 0 aromatic rings. The fourth-order valence-corrected chi connectivity index (χ4v) is 2.25. The van der Waals surface area contributed by atoms with Gasteiger partial charge in [0.1, 0.15) is 0 Å². The van der Waals surface area contributed by atoms with Crippen molar-refractivity contribution in [2.45, 2.75) is 47.5 Å². The minimum absolute atomic E-state index is 0.102. The number of rotatable bonds is 8. The van der Waals surface area contributed by atoms with E-state index in [-0.39, 0.29) is 18.4 Å². The zero-order chi connectivity index (χ0) is 13.4. The number of nitrogens with one attached hydrogen (secondary N) is 1. The summed E-state index contributed by atoms with van der Waals surface area (Å²) < 4.78 is 0. The van der Waals surface area contributed by atoms with Gasteiger partial charge in [0, 0.05) is 19.1 Å². The quantitative estimate of drug-likeness (QED) is 0.643. The Hall–Kier alpha value is -0.570. The van der Waals surface area contributed by atoms with Gasteiger partial charge in [-0.15, -0.1) is 0 Å². The smallest absolute Gasteiger partial charge is 0.223 e. The second kappa shape index (κ2) is 8.51.